The molecule has 0 bridgehead atoms. The van der Waals surface area contributed by atoms with Crippen molar-refractivity contribution in [1.82, 2.24) is 4.72 Å². The van der Waals surface area contributed by atoms with Crippen molar-refractivity contribution >= 4 is 29.5 Å². The zero-order valence-corrected chi connectivity index (χ0v) is 10.9. The Morgan fingerprint density at radius 1 is 1.54 bits per heavy atom. The molecule has 0 radical (unpaired) electrons. The molecular weight excluding hydrogens is 198 g/mol. The standard InChI is InChI=1S/C10H21NS2/c1-7-12(3,4)10-8-9(2)11-13(10,5)6/h8,11H,3,7H2,1-2,4-6H3. The summed E-state index contributed by atoms with van der Waals surface area (Å²) in [5.74, 6) is 5.57. The minimum Gasteiger partial charge on any atom is -0.347 e. The lowest BCUT2D eigenvalue weighted by atomic mass is 10.5. The molecule has 13 heavy (non-hydrogen) atoms. The summed E-state index contributed by atoms with van der Waals surface area (Å²) in [4.78, 5) is 0. The number of allylic oxidation sites excluding steroid dienone is 1. The van der Waals surface area contributed by atoms with Crippen LogP contribution < -0.4 is 4.72 Å². The van der Waals surface area contributed by atoms with Crippen LogP contribution in [-0.4, -0.2) is 34.6 Å². The Morgan fingerprint density at radius 2 is 2.08 bits per heavy atom. The summed E-state index contributed by atoms with van der Waals surface area (Å²) in [7, 11) is -1.53. The van der Waals surface area contributed by atoms with Gasteiger partial charge in [0.1, 0.15) is 0 Å². The largest absolute Gasteiger partial charge is 0.347 e. The Bertz CT molecular complexity index is 355. The van der Waals surface area contributed by atoms with E-state index < -0.39 is 19.4 Å². The molecule has 1 atom stereocenters. The van der Waals surface area contributed by atoms with Gasteiger partial charge in [0.05, 0.1) is 0 Å². The maximum Gasteiger partial charge on any atom is 0.0266 e. The van der Waals surface area contributed by atoms with Gasteiger partial charge in [-0.25, -0.2) is 0 Å². The van der Waals surface area contributed by atoms with Crippen molar-refractivity contribution < 1.29 is 0 Å². The second kappa shape index (κ2) is 3.28. The van der Waals surface area contributed by atoms with E-state index in [0.717, 1.165) is 0 Å². The quantitative estimate of drug-likeness (QED) is 0.668. The van der Waals surface area contributed by atoms with E-state index in [4.69, 9.17) is 0 Å². The van der Waals surface area contributed by atoms with Crippen LogP contribution in [0.4, 0.5) is 0 Å². The normalized spacial score (nSPS) is 27.5. The van der Waals surface area contributed by atoms with E-state index >= 15 is 0 Å². The molecule has 1 aliphatic heterocycles. The van der Waals surface area contributed by atoms with Crippen molar-refractivity contribution in [2.75, 3.05) is 24.5 Å². The first-order valence-electron chi connectivity index (χ1n) is 4.45. The van der Waals surface area contributed by atoms with Crippen LogP contribution in [0.1, 0.15) is 13.8 Å². The first kappa shape index (κ1) is 11.1. The molecule has 0 aromatic rings. The highest BCUT2D eigenvalue weighted by molar-refractivity contribution is 8.55. The Kier molecular flexibility index (Phi) is 2.79. The van der Waals surface area contributed by atoms with E-state index in [1.165, 1.54) is 11.4 Å². The van der Waals surface area contributed by atoms with Gasteiger partial charge in [-0.05, 0) is 37.5 Å². The molecule has 0 saturated carbocycles. The maximum absolute atomic E-state index is 4.38. The molecule has 0 amide bonds. The third-order valence-electron chi connectivity index (χ3n) is 2.38. The van der Waals surface area contributed by atoms with Gasteiger partial charge < -0.3 is 4.72 Å². The van der Waals surface area contributed by atoms with Crippen molar-refractivity contribution in [2.45, 2.75) is 13.8 Å². The summed E-state index contributed by atoms with van der Waals surface area (Å²) in [6.07, 6.45) is 9.28. The maximum atomic E-state index is 4.38. The average Bonchev–Trinajstić information content (AvgIpc) is 2.25. The van der Waals surface area contributed by atoms with Crippen LogP contribution in [0.25, 0.3) is 0 Å². The molecule has 1 unspecified atom stereocenters. The van der Waals surface area contributed by atoms with Crippen LogP contribution in [0.15, 0.2) is 11.8 Å². The molecule has 0 spiro atoms. The van der Waals surface area contributed by atoms with Crippen LogP contribution in [0.2, 0.25) is 0 Å². The highest BCUT2D eigenvalue weighted by Gasteiger charge is 2.24. The van der Waals surface area contributed by atoms with Crippen molar-refractivity contribution in [2.24, 2.45) is 0 Å². The molecule has 1 N–H and O–H groups in total. The van der Waals surface area contributed by atoms with Crippen LogP contribution in [-0.2, 0) is 0 Å². The predicted octanol–water partition coefficient (Wildman–Crippen LogP) is 2.49. The van der Waals surface area contributed by atoms with Gasteiger partial charge in [-0.1, -0.05) is 12.8 Å². The Hall–Kier alpha value is -0.0200. The Morgan fingerprint density at radius 3 is 2.38 bits per heavy atom. The lowest BCUT2D eigenvalue weighted by molar-refractivity contribution is 1.21. The van der Waals surface area contributed by atoms with Crippen molar-refractivity contribution in [1.29, 1.82) is 0 Å². The fraction of sp³-hybridized carbons (Fsp3) is 0.600. The monoisotopic (exact) mass is 219 g/mol. The minimum absolute atomic E-state index is 0.757. The fourth-order valence-corrected chi connectivity index (χ4v) is 8.28. The Labute approximate surface area is 84.5 Å². The van der Waals surface area contributed by atoms with Gasteiger partial charge in [-0.2, -0.15) is 9.21 Å². The highest BCUT2D eigenvalue weighted by atomic mass is 32.3. The molecule has 0 aliphatic carbocycles. The fourth-order valence-electron chi connectivity index (χ4n) is 1.59. The van der Waals surface area contributed by atoms with Gasteiger partial charge in [-0.15, -0.1) is 10.2 Å². The molecule has 1 aliphatic rings. The third kappa shape index (κ3) is 2.08. The molecule has 1 nitrogen and oxygen atoms in total. The molecule has 0 fully saturated rings. The first-order valence-corrected chi connectivity index (χ1v) is 9.28. The van der Waals surface area contributed by atoms with E-state index in [2.05, 4.69) is 49.3 Å². The van der Waals surface area contributed by atoms with Gasteiger partial charge in [0, 0.05) is 9.89 Å². The molecular formula is C10H21NS2. The predicted molar refractivity (Wildman–Crippen MR) is 72.5 cm³/mol. The molecule has 3 heteroatoms. The molecule has 1 heterocycles. The number of nitrogens with one attached hydrogen (secondary N) is 1. The van der Waals surface area contributed by atoms with E-state index in [1.807, 2.05) is 0 Å². The number of rotatable bonds is 1. The smallest absolute Gasteiger partial charge is 0.0266 e. The van der Waals surface area contributed by atoms with E-state index in [9.17, 15) is 0 Å². The third-order valence-corrected chi connectivity index (χ3v) is 9.15. The minimum atomic E-state index is -0.774. The number of hydrogen-bond donors (Lipinski definition) is 1. The van der Waals surface area contributed by atoms with Crippen LogP contribution in [0, 0.1) is 0 Å². The van der Waals surface area contributed by atoms with Gasteiger partial charge in [0.25, 0.3) is 0 Å². The van der Waals surface area contributed by atoms with E-state index in [0.29, 0.717) is 0 Å². The summed E-state index contributed by atoms with van der Waals surface area (Å²) in [6.45, 7) is 4.39. The summed E-state index contributed by atoms with van der Waals surface area (Å²) in [5, 5.41) is 0. The zero-order chi connectivity index (χ0) is 10.3. The van der Waals surface area contributed by atoms with Gasteiger partial charge in [0.2, 0.25) is 0 Å². The molecule has 1 rings (SSSR count). The van der Waals surface area contributed by atoms with Gasteiger partial charge >= 0.3 is 0 Å². The van der Waals surface area contributed by atoms with Crippen LogP contribution in [0.5, 0.6) is 0 Å². The van der Waals surface area contributed by atoms with Crippen molar-refractivity contribution in [3.63, 3.8) is 0 Å². The van der Waals surface area contributed by atoms with Crippen molar-refractivity contribution in [3.05, 3.63) is 11.8 Å². The van der Waals surface area contributed by atoms with Gasteiger partial charge in [-0.3, -0.25) is 0 Å². The lowest BCUT2D eigenvalue weighted by Crippen LogP contribution is -2.16. The lowest BCUT2D eigenvalue weighted by Gasteiger charge is -2.32. The second-order valence-electron chi connectivity index (χ2n) is 4.14. The number of hydrogen-bond acceptors (Lipinski definition) is 1. The zero-order valence-electron chi connectivity index (χ0n) is 9.31. The molecule has 0 aromatic carbocycles. The summed E-state index contributed by atoms with van der Waals surface area (Å²) in [6, 6.07) is 0. The van der Waals surface area contributed by atoms with E-state index in [-0.39, 0.29) is 0 Å². The molecule has 0 saturated heterocycles. The van der Waals surface area contributed by atoms with Crippen molar-refractivity contribution in [3.8, 4) is 0 Å². The van der Waals surface area contributed by atoms with Crippen LogP contribution >= 0.6 is 19.4 Å². The van der Waals surface area contributed by atoms with Gasteiger partial charge in [0.15, 0.2) is 0 Å². The summed E-state index contributed by atoms with van der Waals surface area (Å²) >= 11 is 0. The van der Waals surface area contributed by atoms with E-state index in [1.54, 1.807) is 4.20 Å². The second-order valence-corrected chi connectivity index (χ2v) is 11.3. The first-order chi connectivity index (χ1) is 5.79. The molecule has 0 aromatic heterocycles. The summed E-state index contributed by atoms with van der Waals surface area (Å²) in [5.41, 5.74) is 1.31. The summed E-state index contributed by atoms with van der Waals surface area (Å²) < 4.78 is 5.16. The Balaban J connectivity index is 3.35. The van der Waals surface area contributed by atoms with Crippen LogP contribution in [0.3, 0.4) is 0 Å². The molecule has 78 valence electrons. The topological polar surface area (TPSA) is 12.0 Å². The SMILES string of the molecule is C=S(C)(CC)=C1C=C(C)NS1(C)C. The highest BCUT2D eigenvalue weighted by Crippen LogP contribution is 2.48. The average molecular weight is 219 g/mol.